The number of hydrogen-bond acceptors (Lipinski definition) is 5. The van der Waals surface area contributed by atoms with E-state index in [9.17, 15) is 9.59 Å². The third-order valence-electron chi connectivity index (χ3n) is 4.80. The van der Waals surface area contributed by atoms with Crippen LogP contribution in [0.25, 0.3) is 11.1 Å². The lowest BCUT2D eigenvalue weighted by Gasteiger charge is -2.17. The quantitative estimate of drug-likeness (QED) is 0.422. The van der Waals surface area contributed by atoms with Crippen LogP contribution in [-0.2, 0) is 11.3 Å². The van der Waals surface area contributed by atoms with Crippen molar-refractivity contribution in [3.05, 3.63) is 41.5 Å². The molecule has 148 valence electrons. The summed E-state index contributed by atoms with van der Waals surface area (Å²) in [5.41, 5.74) is 3.14. The summed E-state index contributed by atoms with van der Waals surface area (Å²) in [5.74, 6) is 0.815. The van der Waals surface area contributed by atoms with Crippen molar-refractivity contribution < 1.29 is 23.8 Å². The van der Waals surface area contributed by atoms with Gasteiger partial charge in [0.2, 0.25) is 5.75 Å². The van der Waals surface area contributed by atoms with Gasteiger partial charge in [0.25, 0.3) is 5.91 Å². The van der Waals surface area contributed by atoms with Crippen molar-refractivity contribution in [2.24, 2.45) is 0 Å². The molecule has 0 aromatic heterocycles. The topological polar surface area (TPSA) is 73.9 Å². The Balaban J connectivity index is 2.01. The normalized spacial score (nSPS) is 12.3. The van der Waals surface area contributed by atoms with Gasteiger partial charge in [0, 0.05) is 24.1 Å². The number of methoxy groups -OCH3 is 2. The third-order valence-corrected chi connectivity index (χ3v) is 4.80. The number of carbonyl (C=O) groups is 2. The highest BCUT2D eigenvalue weighted by molar-refractivity contribution is 5.99. The molecule has 0 saturated carbocycles. The number of carbonyl (C=O) groups excluding carboxylic acids is 2. The first-order valence-electron chi connectivity index (χ1n) is 9.46. The molecule has 1 aliphatic heterocycles. The smallest absolute Gasteiger partial charge is 0.311 e. The van der Waals surface area contributed by atoms with Crippen LogP contribution in [0.15, 0.2) is 30.3 Å². The van der Waals surface area contributed by atoms with Crippen molar-refractivity contribution in [2.75, 3.05) is 14.2 Å². The zero-order valence-electron chi connectivity index (χ0n) is 16.5. The summed E-state index contributed by atoms with van der Waals surface area (Å²) in [6, 6.07) is 9.18. The van der Waals surface area contributed by atoms with E-state index in [2.05, 4.69) is 12.2 Å². The van der Waals surface area contributed by atoms with E-state index < -0.39 is 0 Å². The van der Waals surface area contributed by atoms with Crippen LogP contribution in [0.4, 0.5) is 0 Å². The van der Waals surface area contributed by atoms with Gasteiger partial charge in [-0.25, -0.2) is 0 Å². The first-order valence-corrected chi connectivity index (χ1v) is 9.46. The SMILES string of the molecule is CCCCCC(=O)Oc1c(-c2ccc3c(c2)CNC3=O)ccc(OC)c1OC. The largest absolute Gasteiger partial charge is 0.493 e. The molecule has 1 amide bonds. The zero-order valence-corrected chi connectivity index (χ0v) is 16.5. The van der Waals surface area contributed by atoms with Gasteiger partial charge < -0.3 is 19.5 Å². The Hall–Kier alpha value is -3.02. The molecule has 2 aromatic carbocycles. The predicted octanol–water partition coefficient (Wildman–Crippen LogP) is 4.10. The lowest BCUT2D eigenvalue weighted by molar-refractivity contribution is -0.134. The number of amides is 1. The van der Waals surface area contributed by atoms with Gasteiger partial charge in [-0.3, -0.25) is 9.59 Å². The standard InChI is InChI=1S/C22H25NO5/c1-4-5-6-7-19(24)28-20-16(10-11-18(26-2)21(20)27-3)14-8-9-17-15(12-14)13-23-22(17)25/h8-12H,4-7,13H2,1-3H3,(H,23,25). The van der Waals surface area contributed by atoms with Crippen LogP contribution in [0.1, 0.15) is 48.5 Å². The maximum atomic E-state index is 12.4. The summed E-state index contributed by atoms with van der Waals surface area (Å²) in [6.45, 7) is 2.57. The van der Waals surface area contributed by atoms with Crippen molar-refractivity contribution in [3.63, 3.8) is 0 Å². The van der Waals surface area contributed by atoms with Crippen molar-refractivity contribution in [1.82, 2.24) is 5.32 Å². The fourth-order valence-electron chi connectivity index (χ4n) is 3.31. The fourth-order valence-corrected chi connectivity index (χ4v) is 3.31. The number of nitrogens with one attached hydrogen (secondary N) is 1. The van der Waals surface area contributed by atoms with Gasteiger partial charge in [-0.1, -0.05) is 25.8 Å². The van der Waals surface area contributed by atoms with E-state index in [1.54, 1.807) is 12.1 Å². The Morgan fingerprint density at radius 1 is 1.04 bits per heavy atom. The zero-order chi connectivity index (χ0) is 20.1. The molecule has 0 spiro atoms. The Morgan fingerprint density at radius 3 is 2.54 bits per heavy atom. The van der Waals surface area contributed by atoms with E-state index in [1.165, 1.54) is 14.2 Å². The minimum Gasteiger partial charge on any atom is -0.493 e. The van der Waals surface area contributed by atoms with Gasteiger partial charge >= 0.3 is 5.97 Å². The highest BCUT2D eigenvalue weighted by atomic mass is 16.6. The summed E-state index contributed by atoms with van der Waals surface area (Å²) < 4.78 is 16.6. The highest BCUT2D eigenvalue weighted by Crippen LogP contribution is 2.45. The van der Waals surface area contributed by atoms with Gasteiger partial charge in [-0.15, -0.1) is 0 Å². The van der Waals surface area contributed by atoms with Crippen LogP contribution in [0.3, 0.4) is 0 Å². The molecule has 28 heavy (non-hydrogen) atoms. The van der Waals surface area contributed by atoms with E-state index in [-0.39, 0.29) is 11.9 Å². The number of esters is 1. The first kappa shape index (κ1) is 19.7. The predicted molar refractivity (Wildman–Crippen MR) is 106 cm³/mol. The molecule has 1 heterocycles. The Bertz CT molecular complexity index is 891. The molecule has 1 N–H and O–H groups in total. The summed E-state index contributed by atoms with van der Waals surface area (Å²) in [7, 11) is 3.05. The molecule has 0 fully saturated rings. The monoisotopic (exact) mass is 383 g/mol. The van der Waals surface area contributed by atoms with E-state index in [0.717, 1.165) is 30.4 Å². The Labute approximate surface area is 164 Å². The van der Waals surface area contributed by atoms with Gasteiger partial charge in [0.15, 0.2) is 11.5 Å². The number of rotatable bonds is 8. The first-order chi connectivity index (χ1) is 13.6. The van der Waals surface area contributed by atoms with E-state index >= 15 is 0 Å². The average molecular weight is 383 g/mol. The second kappa shape index (κ2) is 8.78. The lowest BCUT2D eigenvalue weighted by atomic mass is 9.99. The van der Waals surface area contributed by atoms with Gasteiger partial charge in [-0.05, 0) is 41.8 Å². The fraction of sp³-hybridized carbons (Fsp3) is 0.364. The molecule has 1 aliphatic rings. The number of hydrogen-bond donors (Lipinski definition) is 1. The highest BCUT2D eigenvalue weighted by Gasteiger charge is 2.23. The molecule has 3 rings (SSSR count). The maximum Gasteiger partial charge on any atom is 0.311 e. The second-order valence-electron chi connectivity index (χ2n) is 6.66. The lowest BCUT2D eigenvalue weighted by Crippen LogP contribution is -2.12. The number of benzene rings is 2. The number of fused-ring (bicyclic) bond motifs is 1. The van der Waals surface area contributed by atoms with Crippen molar-refractivity contribution >= 4 is 11.9 Å². The minimum atomic E-state index is -0.306. The van der Waals surface area contributed by atoms with Crippen molar-refractivity contribution in [1.29, 1.82) is 0 Å². The van der Waals surface area contributed by atoms with Gasteiger partial charge in [0.1, 0.15) is 0 Å². The van der Waals surface area contributed by atoms with Crippen LogP contribution >= 0.6 is 0 Å². The summed E-state index contributed by atoms with van der Waals surface area (Å²) in [6.07, 6.45) is 3.13. The average Bonchev–Trinajstić information content (AvgIpc) is 3.08. The summed E-state index contributed by atoms with van der Waals surface area (Å²) in [5, 5.41) is 2.81. The van der Waals surface area contributed by atoms with Crippen LogP contribution in [-0.4, -0.2) is 26.1 Å². The van der Waals surface area contributed by atoms with Crippen molar-refractivity contribution in [3.8, 4) is 28.4 Å². The van der Waals surface area contributed by atoms with Crippen molar-refractivity contribution in [2.45, 2.75) is 39.2 Å². The Kier molecular flexibility index (Phi) is 6.19. The van der Waals surface area contributed by atoms with Gasteiger partial charge in [0.05, 0.1) is 14.2 Å². The second-order valence-corrected chi connectivity index (χ2v) is 6.66. The van der Waals surface area contributed by atoms with Crippen LogP contribution in [0.5, 0.6) is 17.2 Å². The van der Waals surface area contributed by atoms with Crippen LogP contribution in [0.2, 0.25) is 0 Å². The molecule has 0 bridgehead atoms. The molecule has 0 saturated heterocycles. The molecular formula is C22H25NO5. The van der Waals surface area contributed by atoms with E-state index in [1.807, 2.05) is 18.2 Å². The van der Waals surface area contributed by atoms with Crippen LogP contribution in [0, 0.1) is 0 Å². The third kappa shape index (κ3) is 3.96. The summed E-state index contributed by atoms with van der Waals surface area (Å²) in [4.78, 5) is 24.2. The van der Waals surface area contributed by atoms with E-state index in [4.69, 9.17) is 14.2 Å². The minimum absolute atomic E-state index is 0.0727. The molecule has 2 aromatic rings. The van der Waals surface area contributed by atoms with Crippen LogP contribution < -0.4 is 19.5 Å². The number of unbranched alkanes of at least 4 members (excludes halogenated alkanes) is 2. The Morgan fingerprint density at radius 2 is 1.82 bits per heavy atom. The van der Waals surface area contributed by atoms with E-state index in [0.29, 0.717) is 41.3 Å². The number of ether oxygens (including phenoxy) is 3. The molecule has 6 nitrogen and oxygen atoms in total. The van der Waals surface area contributed by atoms with Gasteiger partial charge in [-0.2, -0.15) is 0 Å². The molecule has 0 radical (unpaired) electrons. The maximum absolute atomic E-state index is 12.4. The summed E-state index contributed by atoms with van der Waals surface area (Å²) >= 11 is 0. The molecule has 0 unspecified atom stereocenters. The molecule has 0 aliphatic carbocycles. The molecule has 0 atom stereocenters. The molecular weight excluding hydrogens is 358 g/mol. The molecule has 6 heteroatoms.